The number of aliphatic carboxylic acids is 1. The van der Waals surface area contributed by atoms with Crippen LogP contribution in [-0.2, 0) is 4.79 Å². The van der Waals surface area contributed by atoms with Crippen LogP contribution in [0, 0.1) is 5.92 Å². The van der Waals surface area contributed by atoms with Gasteiger partial charge in [0.15, 0.2) is 0 Å². The van der Waals surface area contributed by atoms with Crippen molar-refractivity contribution in [2.75, 3.05) is 18.0 Å². The molecule has 1 N–H and O–H groups in total. The molecule has 2 rings (SSSR count). The van der Waals surface area contributed by atoms with Crippen molar-refractivity contribution in [2.24, 2.45) is 5.92 Å². The van der Waals surface area contributed by atoms with E-state index >= 15 is 0 Å². The highest BCUT2D eigenvalue weighted by molar-refractivity contribution is 6.30. The molecule has 4 heteroatoms. The van der Waals surface area contributed by atoms with Crippen LogP contribution in [0.4, 0.5) is 5.69 Å². The largest absolute Gasteiger partial charge is 0.480 e. The molecule has 0 saturated heterocycles. The molecule has 1 aromatic carbocycles. The highest BCUT2D eigenvalue weighted by atomic mass is 35.5. The van der Waals surface area contributed by atoms with Gasteiger partial charge in [-0.2, -0.15) is 0 Å². The maximum Gasteiger partial charge on any atom is 0.323 e. The van der Waals surface area contributed by atoms with E-state index in [0.29, 0.717) is 10.9 Å². The molecule has 19 heavy (non-hydrogen) atoms. The van der Waals surface area contributed by atoms with Crippen molar-refractivity contribution in [1.82, 2.24) is 0 Å². The van der Waals surface area contributed by atoms with E-state index < -0.39 is 5.97 Å². The predicted molar refractivity (Wildman–Crippen MR) is 77.9 cm³/mol. The summed E-state index contributed by atoms with van der Waals surface area (Å²) in [7, 11) is 0. The van der Waals surface area contributed by atoms with E-state index in [1.165, 1.54) is 32.1 Å². The van der Waals surface area contributed by atoms with Gasteiger partial charge in [0, 0.05) is 17.3 Å². The van der Waals surface area contributed by atoms with E-state index in [2.05, 4.69) is 0 Å². The number of hydrogen-bond acceptors (Lipinski definition) is 2. The minimum absolute atomic E-state index is 0.0537. The summed E-state index contributed by atoms with van der Waals surface area (Å²) in [6.07, 6.45) is 6.28. The molecule has 0 bridgehead atoms. The minimum atomic E-state index is -0.786. The van der Waals surface area contributed by atoms with Crippen LogP contribution in [0.15, 0.2) is 24.3 Å². The topological polar surface area (TPSA) is 40.5 Å². The summed E-state index contributed by atoms with van der Waals surface area (Å²) in [4.78, 5) is 13.0. The van der Waals surface area contributed by atoms with Gasteiger partial charge >= 0.3 is 5.97 Å². The molecule has 3 nitrogen and oxygen atoms in total. The van der Waals surface area contributed by atoms with Gasteiger partial charge in [0.2, 0.25) is 0 Å². The Morgan fingerprint density at radius 1 is 1.21 bits per heavy atom. The van der Waals surface area contributed by atoms with Crippen molar-refractivity contribution in [1.29, 1.82) is 0 Å². The number of carbonyl (C=O) groups is 1. The maximum atomic E-state index is 11.0. The number of benzene rings is 1. The number of hydrogen-bond donors (Lipinski definition) is 1. The van der Waals surface area contributed by atoms with Gasteiger partial charge in [0.05, 0.1) is 0 Å². The first-order valence-corrected chi connectivity index (χ1v) is 7.25. The fourth-order valence-corrected chi connectivity index (χ4v) is 2.88. The second kappa shape index (κ2) is 6.80. The standard InChI is InChI=1S/C15H20ClNO2/c16-13-6-8-14(9-7-13)17(11-15(18)19)10-12-4-2-1-3-5-12/h6-9,12H,1-5,10-11H2,(H,18,19). The number of carboxylic acid groups (broad SMARTS) is 1. The van der Waals surface area contributed by atoms with Gasteiger partial charge in [-0.25, -0.2) is 0 Å². The number of nitrogens with zero attached hydrogens (tertiary/aromatic N) is 1. The summed E-state index contributed by atoms with van der Waals surface area (Å²) in [5.41, 5.74) is 0.942. The molecule has 0 spiro atoms. The Hall–Kier alpha value is -1.22. The van der Waals surface area contributed by atoms with E-state index in [0.717, 1.165) is 12.2 Å². The lowest BCUT2D eigenvalue weighted by Crippen LogP contribution is -2.34. The van der Waals surface area contributed by atoms with Crippen molar-refractivity contribution in [2.45, 2.75) is 32.1 Å². The molecule has 0 heterocycles. The highest BCUT2D eigenvalue weighted by Crippen LogP contribution is 2.27. The minimum Gasteiger partial charge on any atom is -0.480 e. The molecule has 0 unspecified atom stereocenters. The first-order chi connectivity index (χ1) is 9.15. The molecule has 0 amide bonds. The number of halogens is 1. The van der Waals surface area contributed by atoms with Gasteiger partial charge in [-0.1, -0.05) is 30.9 Å². The zero-order valence-corrected chi connectivity index (χ0v) is 11.8. The van der Waals surface area contributed by atoms with Crippen molar-refractivity contribution < 1.29 is 9.90 Å². The van der Waals surface area contributed by atoms with Gasteiger partial charge in [0.25, 0.3) is 0 Å². The maximum absolute atomic E-state index is 11.0. The van der Waals surface area contributed by atoms with Crippen molar-refractivity contribution >= 4 is 23.3 Å². The third-order valence-corrected chi connectivity index (χ3v) is 3.97. The van der Waals surface area contributed by atoms with Gasteiger partial charge in [0.1, 0.15) is 6.54 Å². The quantitative estimate of drug-likeness (QED) is 0.892. The monoisotopic (exact) mass is 281 g/mol. The molecule has 0 aliphatic heterocycles. The normalized spacial score (nSPS) is 16.3. The molecule has 1 aromatic rings. The summed E-state index contributed by atoms with van der Waals surface area (Å²) in [5, 5.41) is 9.74. The lowest BCUT2D eigenvalue weighted by molar-refractivity contribution is -0.135. The summed E-state index contributed by atoms with van der Waals surface area (Å²) < 4.78 is 0. The second-order valence-electron chi connectivity index (χ2n) is 5.25. The van der Waals surface area contributed by atoms with Crippen LogP contribution in [0.25, 0.3) is 0 Å². The Labute approximate surface area is 119 Å². The van der Waals surface area contributed by atoms with Crippen LogP contribution in [0.3, 0.4) is 0 Å². The van der Waals surface area contributed by atoms with Gasteiger partial charge in [-0.05, 0) is 43.0 Å². The fourth-order valence-electron chi connectivity index (χ4n) is 2.76. The Balaban J connectivity index is 2.06. The van der Waals surface area contributed by atoms with E-state index in [9.17, 15) is 4.79 Å². The molecule has 1 aliphatic rings. The smallest absolute Gasteiger partial charge is 0.323 e. The average Bonchev–Trinajstić information content (AvgIpc) is 2.39. The lowest BCUT2D eigenvalue weighted by Gasteiger charge is -2.30. The zero-order valence-electron chi connectivity index (χ0n) is 11.0. The van der Waals surface area contributed by atoms with E-state index in [1.807, 2.05) is 29.2 Å². The third kappa shape index (κ3) is 4.43. The first kappa shape index (κ1) is 14.2. The Morgan fingerprint density at radius 3 is 2.42 bits per heavy atom. The van der Waals surface area contributed by atoms with Gasteiger partial charge in [-0.15, -0.1) is 0 Å². The average molecular weight is 282 g/mol. The SMILES string of the molecule is O=C(O)CN(CC1CCCCC1)c1ccc(Cl)cc1. The van der Waals surface area contributed by atoms with Crippen molar-refractivity contribution in [3.8, 4) is 0 Å². The van der Waals surface area contributed by atoms with Gasteiger partial charge in [-0.3, -0.25) is 4.79 Å². The van der Waals surface area contributed by atoms with Crippen molar-refractivity contribution in [3.05, 3.63) is 29.3 Å². The Kier molecular flexibility index (Phi) is 5.08. The Bertz CT molecular complexity index is 413. The molecule has 0 aromatic heterocycles. The molecule has 1 saturated carbocycles. The van der Waals surface area contributed by atoms with E-state index in [-0.39, 0.29) is 6.54 Å². The Morgan fingerprint density at radius 2 is 1.84 bits per heavy atom. The predicted octanol–water partition coefficient (Wildman–Crippen LogP) is 3.81. The third-order valence-electron chi connectivity index (χ3n) is 3.72. The van der Waals surface area contributed by atoms with E-state index in [1.54, 1.807) is 0 Å². The summed E-state index contributed by atoms with van der Waals surface area (Å²) in [5.74, 6) is -0.172. The summed E-state index contributed by atoms with van der Waals surface area (Å²) >= 11 is 5.88. The zero-order chi connectivity index (χ0) is 13.7. The van der Waals surface area contributed by atoms with Crippen LogP contribution in [0.2, 0.25) is 5.02 Å². The molecule has 104 valence electrons. The second-order valence-corrected chi connectivity index (χ2v) is 5.69. The highest BCUT2D eigenvalue weighted by Gasteiger charge is 2.19. The molecule has 1 aliphatic carbocycles. The van der Waals surface area contributed by atoms with E-state index in [4.69, 9.17) is 16.7 Å². The summed E-state index contributed by atoms with van der Waals surface area (Å²) in [6, 6.07) is 7.42. The molecule has 0 radical (unpaired) electrons. The first-order valence-electron chi connectivity index (χ1n) is 6.87. The van der Waals surface area contributed by atoms with Crippen LogP contribution in [-0.4, -0.2) is 24.2 Å². The van der Waals surface area contributed by atoms with Gasteiger partial charge < -0.3 is 10.0 Å². The molecular weight excluding hydrogens is 262 g/mol. The van der Waals surface area contributed by atoms with Crippen molar-refractivity contribution in [3.63, 3.8) is 0 Å². The molecule has 1 fully saturated rings. The number of carboxylic acids is 1. The van der Waals surface area contributed by atoms with Crippen LogP contribution < -0.4 is 4.90 Å². The number of rotatable bonds is 5. The van der Waals surface area contributed by atoms with Crippen LogP contribution >= 0.6 is 11.6 Å². The van der Waals surface area contributed by atoms with Crippen LogP contribution in [0.1, 0.15) is 32.1 Å². The molecule has 0 atom stereocenters. The van der Waals surface area contributed by atoms with Crippen LogP contribution in [0.5, 0.6) is 0 Å². The number of anilines is 1. The molecular formula is C15H20ClNO2. The summed E-state index contributed by atoms with van der Waals surface area (Å²) in [6.45, 7) is 0.881. The lowest BCUT2D eigenvalue weighted by atomic mass is 9.89. The fraction of sp³-hybridized carbons (Fsp3) is 0.533.